The summed E-state index contributed by atoms with van der Waals surface area (Å²) >= 11 is 10.0. The lowest BCUT2D eigenvalue weighted by Gasteiger charge is -2.07. The first-order valence-electron chi connectivity index (χ1n) is 6.09. The maximum absolute atomic E-state index is 11.6. The first-order chi connectivity index (χ1) is 11.0. The molecule has 7 nitrogen and oxygen atoms in total. The van der Waals surface area contributed by atoms with Crippen LogP contribution in [0.15, 0.2) is 39.9 Å². The highest BCUT2D eigenvalue weighted by molar-refractivity contribution is 9.10. The number of nitrogens with zero attached hydrogens (tertiary/aromatic N) is 2. The van der Waals surface area contributed by atoms with Crippen LogP contribution in [0.4, 0.5) is 5.00 Å². The lowest BCUT2D eigenvalue weighted by Crippen LogP contribution is -2.24. The number of benzene rings is 1. The summed E-state index contributed by atoms with van der Waals surface area (Å²) in [6.45, 7) is -0.234. The molecule has 0 saturated heterocycles. The van der Waals surface area contributed by atoms with Gasteiger partial charge >= 0.3 is 5.00 Å². The molecule has 1 heterocycles. The maximum atomic E-state index is 11.6. The van der Waals surface area contributed by atoms with Crippen LogP contribution >= 0.6 is 38.9 Å². The highest BCUT2D eigenvalue weighted by Gasteiger charge is 2.08. The van der Waals surface area contributed by atoms with Crippen LogP contribution in [0.25, 0.3) is 0 Å². The van der Waals surface area contributed by atoms with Crippen LogP contribution in [0.2, 0.25) is 5.02 Å². The van der Waals surface area contributed by atoms with Crippen molar-refractivity contribution in [3.63, 3.8) is 0 Å². The van der Waals surface area contributed by atoms with Crippen molar-refractivity contribution in [1.29, 1.82) is 0 Å². The van der Waals surface area contributed by atoms with Gasteiger partial charge < -0.3 is 4.74 Å². The van der Waals surface area contributed by atoms with Crippen LogP contribution in [0.1, 0.15) is 4.88 Å². The molecule has 1 amide bonds. The Hall–Kier alpha value is -1.97. The molecule has 0 atom stereocenters. The first-order valence-corrected chi connectivity index (χ1v) is 8.08. The number of amides is 1. The maximum Gasteiger partial charge on any atom is 0.324 e. The van der Waals surface area contributed by atoms with E-state index in [1.165, 1.54) is 12.3 Å². The van der Waals surface area contributed by atoms with Crippen LogP contribution in [-0.4, -0.2) is 23.7 Å². The molecule has 1 aromatic heterocycles. The Balaban J connectivity index is 1.82. The summed E-state index contributed by atoms with van der Waals surface area (Å²) in [6.07, 6.45) is 1.33. The highest BCUT2D eigenvalue weighted by Crippen LogP contribution is 2.27. The van der Waals surface area contributed by atoms with E-state index in [1.54, 1.807) is 24.3 Å². The Labute approximate surface area is 148 Å². The number of carbonyl (C=O) groups excluding carboxylic acids is 1. The molecule has 0 unspecified atom stereocenters. The average molecular weight is 419 g/mol. The molecule has 1 N–H and O–H groups in total. The summed E-state index contributed by atoms with van der Waals surface area (Å²) in [5.41, 5.74) is 2.27. The number of hydrogen-bond donors (Lipinski definition) is 1. The molecular weight excluding hydrogens is 410 g/mol. The van der Waals surface area contributed by atoms with Gasteiger partial charge in [-0.05, 0) is 40.2 Å². The molecule has 2 aromatic rings. The molecule has 10 heteroatoms. The molecule has 0 fully saturated rings. The van der Waals surface area contributed by atoms with E-state index in [4.69, 9.17) is 16.3 Å². The van der Waals surface area contributed by atoms with Crippen molar-refractivity contribution in [2.45, 2.75) is 0 Å². The second kappa shape index (κ2) is 8.04. The Bertz CT molecular complexity index is 765. The van der Waals surface area contributed by atoms with Crippen molar-refractivity contribution in [3.8, 4) is 5.75 Å². The SMILES string of the molecule is O=C(COc1ccc(Cl)cc1Br)N/N=C\c1ccc([N+](=O)[O-])s1. The summed E-state index contributed by atoms with van der Waals surface area (Å²) in [6, 6.07) is 7.83. The van der Waals surface area contributed by atoms with Gasteiger partial charge in [-0.1, -0.05) is 22.9 Å². The predicted octanol–water partition coefficient (Wildman–Crippen LogP) is 3.60. The second-order valence-corrected chi connectivity index (χ2v) is 6.47. The summed E-state index contributed by atoms with van der Waals surface area (Å²) in [7, 11) is 0. The number of thiophene rings is 1. The van der Waals surface area contributed by atoms with Gasteiger partial charge in [0, 0.05) is 11.1 Å². The quantitative estimate of drug-likeness (QED) is 0.440. The van der Waals surface area contributed by atoms with Crippen molar-refractivity contribution in [3.05, 3.63) is 54.8 Å². The van der Waals surface area contributed by atoms with Crippen LogP contribution in [0, 0.1) is 10.1 Å². The normalized spacial score (nSPS) is 10.7. The van der Waals surface area contributed by atoms with Gasteiger partial charge in [0.15, 0.2) is 6.61 Å². The zero-order chi connectivity index (χ0) is 16.8. The molecule has 120 valence electrons. The van der Waals surface area contributed by atoms with Crippen LogP contribution < -0.4 is 10.2 Å². The Morgan fingerprint density at radius 3 is 2.91 bits per heavy atom. The third kappa shape index (κ3) is 5.31. The van der Waals surface area contributed by atoms with E-state index in [0.29, 0.717) is 20.1 Å². The topological polar surface area (TPSA) is 93.8 Å². The third-order valence-electron chi connectivity index (χ3n) is 2.43. The first kappa shape index (κ1) is 17.4. The second-order valence-electron chi connectivity index (χ2n) is 4.09. The van der Waals surface area contributed by atoms with Gasteiger partial charge in [0.2, 0.25) is 0 Å². The van der Waals surface area contributed by atoms with E-state index in [-0.39, 0.29) is 11.6 Å². The van der Waals surface area contributed by atoms with Gasteiger partial charge in [-0.25, -0.2) is 5.43 Å². The van der Waals surface area contributed by atoms with Crippen molar-refractivity contribution in [2.24, 2.45) is 5.10 Å². The van der Waals surface area contributed by atoms with Gasteiger partial charge in [0.25, 0.3) is 5.91 Å². The predicted molar refractivity (Wildman–Crippen MR) is 91.4 cm³/mol. The molecule has 2 rings (SSSR count). The van der Waals surface area contributed by atoms with E-state index in [0.717, 1.165) is 11.3 Å². The summed E-state index contributed by atoms with van der Waals surface area (Å²) < 4.78 is 5.95. The molecule has 0 bridgehead atoms. The van der Waals surface area contributed by atoms with E-state index in [9.17, 15) is 14.9 Å². The minimum Gasteiger partial charge on any atom is -0.483 e. The number of hydrogen-bond acceptors (Lipinski definition) is 6. The molecule has 0 aliphatic rings. The van der Waals surface area contributed by atoms with Gasteiger partial charge in [0.05, 0.1) is 20.5 Å². The van der Waals surface area contributed by atoms with Crippen LogP contribution in [-0.2, 0) is 4.79 Å². The Kier molecular flexibility index (Phi) is 6.08. The monoisotopic (exact) mass is 417 g/mol. The average Bonchev–Trinajstić information content (AvgIpc) is 2.95. The summed E-state index contributed by atoms with van der Waals surface area (Å²) in [5, 5.41) is 14.8. The van der Waals surface area contributed by atoms with Crippen molar-refractivity contribution >= 4 is 56.0 Å². The number of rotatable bonds is 6. The molecule has 0 spiro atoms. The van der Waals surface area contributed by atoms with Gasteiger partial charge in [-0.15, -0.1) is 0 Å². The standard InChI is InChI=1S/C13H9BrClN3O4S/c14-10-5-8(15)1-3-11(10)22-7-12(19)17-16-6-9-2-4-13(23-9)18(20)21/h1-6H,7H2,(H,17,19)/b16-6-. The number of carbonyl (C=O) groups is 1. The molecule has 0 aliphatic heterocycles. The Morgan fingerprint density at radius 1 is 1.48 bits per heavy atom. The van der Waals surface area contributed by atoms with Gasteiger partial charge in [0.1, 0.15) is 5.75 Å². The molecule has 1 aromatic carbocycles. The fourth-order valence-corrected chi connectivity index (χ4v) is 2.94. The van der Waals surface area contributed by atoms with E-state index in [2.05, 4.69) is 26.5 Å². The third-order valence-corrected chi connectivity index (χ3v) is 4.25. The van der Waals surface area contributed by atoms with Crippen molar-refractivity contribution < 1.29 is 14.5 Å². The molecular formula is C13H9BrClN3O4S. The summed E-state index contributed by atoms with van der Waals surface area (Å²) in [5.74, 6) is 0.0107. The summed E-state index contributed by atoms with van der Waals surface area (Å²) in [4.78, 5) is 22.2. The zero-order valence-corrected chi connectivity index (χ0v) is 14.5. The van der Waals surface area contributed by atoms with Gasteiger partial charge in [-0.2, -0.15) is 5.10 Å². The largest absolute Gasteiger partial charge is 0.483 e. The van der Waals surface area contributed by atoms with Crippen LogP contribution in [0.5, 0.6) is 5.75 Å². The lowest BCUT2D eigenvalue weighted by atomic mass is 10.3. The number of halogens is 2. The fraction of sp³-hybridized carbons (Fsp3) is 0.0769. The van der Waals surface area contributed by atoms with Crippen LogP contribution in [0.3, 0.4) is 0 Å². The van der Waals surface area contributed by atoms with E-state index < -0.39 is 10.8 Å². The number of nitro groups is 1. The number of hydrazone groups is 1. The molecule has 0 radical (unpaired) electrons. The minimum atomic E-state index is -0.488. The minimum absolute atomic E-state index is 0.00805. The fourth-order valence-electron chi connectivity index (χ4n) is 1.45. The number of nitrogens with one attached hydrogen (secondary N) is 1. The smallest absolute Gasteiger partial charge is 0.324 e. The lowest BCUT2D eigenvalue weighted by molar-refractivity contribution is -0.380. The van der Waals surface area contributed by atoms with Crippen molar-refractivity contribution in [1.82, 2.24) is 5.43 Å². The van der Waals surface area contributed by atoms with Crippen molar-refractivity contribution in [2.75, 3.05) is 6.61 Å². The van der Waals surface area contributed by atoms with E-state index >= 15 is 0 Å². The molecule has 23 heavy (non-hydrogen) atoms. The molecule has 0 aliphatic carbocycles. The highest BCUT2D eigenvalue weighted by atomic mass is 79.9. The Morgan fingerprint density at radius 2 is 2.26 bits per heavy atom. The zero-order valence-electron chi connectivity index (χ0n) is 11.4. The van der Waals surface area contributed by atoms with E-state index in [1.807, 2.05) is 0 Å². The van der Waals surface area contributed by atoms with Gasteiger partial charge in [-0.3, -0.25) is 14.9 Å². The molecule has 0 saturated carbocycles. The number of ether oxygens (including phenoxy) is 1.